The summed E-state index contributed by atoms with van der Waals surface area (Å²) < 4.78 is 5.21. The maximum Gasteiger partial charge on any atom is 0.363 e. The van der Waals surface area contributed by atoms with E-state index in [0.29, 0.717) is 16.3 Å². The van der Waals surface area contributed by atoms with Gasteiger partial charge in [0.15, 0.2) is 5.70 Å². The molecule has 1 aromatic heterocycles. The third-order valence-corrected chi connectivity index (χ3v) is 3.81. The van der Waals surface area contributed by atoms with Crippen LogP contribution < -0.4 is 0 Å². The van der Waals surface area contributed by atoms with E-state index in [0.717, 1.165) is 11.0 Å². The van der Waals surface area contributed by atoms with Crippen LogP contribution in [0, 0.1) is 0 Å². The van der Waals surface area contributed by atoms with E-state index < -0.39 is 5.97 Å². The van der Waals surface area contributed by atoms with Crippen molar-refractivity contribution in [3.8, 4) is 0 Å². The van der Waals surface area contributed by atoms with Crippen molar-refractivity contribution in [2.75, 3.05) is 0 Å². The zero-order chi connectivity index (χ0) is 16.5. The second-order valence-corrected chi connectivity index (χ2v) is 5.51. The number of hydrogen-bond donors (Lipinski definition) is 0. The van der Waals surface area contributed by atoms with E-state index in [1.165, 1.54) is 0 Å². The molecule has 4 rings (SSSR count). The highest BCUT2D eigenvalue weighted by atomic mass is 35.5. The molecule has 0 aliphatic carbocycles. The second-order valence-electron chi connectivity index (χ2n) is 5.10. The first kappa shape index (κ1) is 14.5. The van der Waals surface area contributed by atoms with Crippen LogP contribution in [0.2, 0.25) is 5.02 Å². The molecule has 0 saturated heterocycles. The van der Waals surface area contributed by atoms with Gasteiger partial charge >= 0.3 is 5.97 Å². The number of para-hydroxylation sites is 2. The van der Waals surface area contributed by atoms with Crippen molar-refractivity contribution in [2.24, 2.45) is 4.99 Å². The molecule has 1 aliphatic rings. The molecule has 3 aromatic rings. The van der Waals surface area contributed by atoms with Crippen LogP contribution in [-0.2, 0) is 9.53 Å². The summed E-state index contributed by atoms with van der Waals surface area (Å²) in [5, 5.41) is 0.468. The van der Waals surface area contributed by atoms with Gasteiger partial charge in [0.25, 0.3) is 0 Å². The average molecular weight is 336 g/mol. The topological polar surface area (TPSA) is 64.4 Å². The van der Waals surface area contributed by atoms with Gasteiger partial charge < -0.3 is 4.74 Å². The van der Waals surface area contributed by atoms with Crippen LogP contribution in [0.5, 0.6) is 0 Å². The van der Waals surface area contributed by atoms with Crippen molar-refractivity contribution in [3.05, 3.63) is 76.7 Å². The lowest BCUT2D eigenvalue weighted by atomic mass is 10.2. The molecule has 0 unspecified atom stereocenters. The molecule has 0 radical (unpaired) electrons. The van der Waals surface area contributed by atoms with Crippen LogP contribution >= 0.6 is 11.6 Å². The van der Waals surface area contributed by atoms with Crippen LogP contribution in [0.3, 0.4) is 0 Å². The Labute approximate surface area is 142 Å². The Morgan fingerprint density at radius 1 is 1.00 bits per heavy atom. The third-order valence-electron chi connectivity index (χ3n) is 3.48. The fourth-order valence-corrected chi connectivity index (χ4v) is 2.56. The molecular weight excluding hydrogens is 326 g/mol. The summed E-state index contributed by atoms with van der Waals surface area (Å²) >= 11 is 6.11. The summed E-state index contributed by atoms with van der Waals surface area (Å²) in [6.45, 7) is 0. The predicted molar refractivity (Wildman–Crippen MR) is 91.6 cm³/mol. The van der Waals surface area contributed by atoms with E-state index >= 15 is 0 Å². The van der Waals surface area contributed by atoms with Gasteiger partial charge in [-0.15, -0.1) is 0 Å². The third kappa shape index (κ3) is 2.66. The van der Waals surface area contributed by atoms with Crippen molar-refractivity contribution in [3.63, 3.8) is 0 Å². The standard InChI is InChI=1S/C18H10ClN3O2/c19-13-6-2-1-5-12(13)17-22-16(18(23)24-17)9-11-10-20-14-7-3-4-8-15(14)21-11/h1-10H/b16-9-. The molecule has 0 saturated carbocycles. The van der Waals surface area contributed by atoms with Crippen molar-refractivity contribution in [1.82, 2.24) is 9.97 Å². The van der Waals surface area contributed by atoms with Gasteiger partial charge in [-0.2, -0.15) is 0 Å². The normalized spacial score (nSPS) is 15.6. The minimum atomic E-state index is -0.542. The number of carbonyl (C=O) groups excluding carboxylic acids is 1. The number of carbonyl (C=O) groups is 1. The monoisotopic (exact) mass is 335 g/mol. The molecule has 2 heterocycles. The molecular formula is C18H10ClN3O2. The van der Waals surface area contributed by atoms with Gasteiger partial charge in [-0.25, -0.2) is 14.8 Å². The van der Waals surface area contributed by atoms with E-state index in [9.17, 15) is 4.79 Å². The number of rotatable bonds is 2. The number of esters is 1. The molecule has 0 spiro atoms. The van der Waals surface area contributed by atoms with Crippen molar-refractivity contribution < 1.29 is 9.53 Å². The molecule has 2 aromatic carbocycles. The van der Waals surface area contributed by atoms with E-state index in [1.807, 2.05) is 24.3 Å². The highest BCUT2D eigenvalue weighted by Gasteiger charge is 2.25. The maximum absolute atomic E-state index is 12.0. The molecule has 1 aliphatic heterocycles. The van der Waals surface area contributed by atoms with Crippen molar-refractivity contribution in [1.29, 1.82) is 0 Å². The summed E-state index contributed by atoms with van der Waals surface area (Å²) in [7, 11) is 0. The lowest BCUT2D eigenvalue weighted by Crippen LogP contribution is -2.05. The minimum absolute atomic E-state index is 0.162. The molecule has 0 N–H and O–H groups in total. The summed E-state index contributed by atoms with van der Waals surface area (Å²) in [6, 6.07) is 14.6. The van der Waals surface area contributed by atoms with Gasteiger partial charge in [0, 0.05) is 0 Å². The van der Waals surface area contributed by atoms with Gasteiger partial charge in [0.05, 0.1) is 33.5 Å². The maximum atomic E-state index is 12.0. The molecule has 0 atom stereocenters. The number of nitrogens with zero attached hydrogens (tertiary/aromatic N) is 3. The number of benzene rings is 2. The molecule has 24 heavy (non-hydrogen) atoms. The van der Waals surface area contributed by atoms with Crippen LogP contribution in [0.15, 0.2) is 65.4 Å². The number of aromatic nitrogens is 2. The fraction of sp³-hybridized carbons (Fsp3) is 0. The number of cyclic esters (lactones) is 1. The Bertz CT molecular complexity index is 1030. The van der Waals surface area contributed by atoms with E-state index in [4.69, 9.17) is 16.3 Å². The largest absolute Gasteiger partial charge is 0.402 e. The zero-order valence-corrected chi connectivity index (χ0v) is 13.1. The molecule has 0 fully saturated rings. The molecule has 116 valence electrons. The first-order valence-electron chi connectivity index (χ1n) is 7.20. The highest BCUT2D eigenvalue weighted by Crippen LogP contribution is 2.23. The average Bonchev–Trinajstić information content (AvgIpc) is 2.96. The number of aliphatic imine (C=N–C) groups is 1. The lowest BCUT2D eigenvalue weighted by molar-refractivity contribution is -0.129. The number of ether oxygens (including phenoxy) is 1. The van der Waals surface area contributed by atoms with Crippen molar-refractivity contribution in [2.45, 2.75) is 0 Å². The lowest BCUT2D eigenvalue weighted by Gasteiger charge is -2.00. The second kappa shape index (κ2) is 5.86. The first-order valence-corrected chi connectivity index (χ1v) is 7.58. The molecule has 0 amide bonds. The van der Waals surface area contributed by atoms with Gasteiger partial charge in [0.2, 0.25) is 5.90 Å². The summed E-state index contributed by atoms with van der Waals surface area (Å²) in [5.41, 5.74) is 2.79. The Morgan fingerprint density at radius 3 is 2.58 bits per heavy atom. The number of halogens is 1. The van der Waals surface area contributed by atoms with Gasteiger partial charge in [-0.1, -0.05) is 35.9 Å². The number of fused-ring (bicyclic) bond motifs is 1. The van der Waals surface area contributed by atoms with Crippen LogP contribution in [0.25, 0.3) is 17.1 Å². The number of hydrogen-bond acceptors (Lipinski definition) is 5. The van der Waals surface area contributed by atoms with Gasteiger partial charge in [-0.05, 0) is 30.3 Å². The highest BCUT2D eigenvalue weighted by molar-refractivity contribution is 6.34. The minimum Gasteiger partial charge on any atom is -0.402 e. The van der Waals surface area contributed by atoms with Crippen LogP contribution in [-0.4, -0.2) is 21.8 Å². The fourth-order valence-electron chi connectivity index (χ4n) is 2.34. The predicted octanol–water partition coefficient (Wildman–Crippen LogP) is 3.63. The quantitative estimate of drug-likeness (QED) is 0.530. The van der Waals surface area contributed by atoms with Crippen molar-refractivity contribution >= 4 is 40.6 Å². The van der Waals surface area contributed by atoms with E-state index in [1.54, 1.807) is 36.5 Å². The zero-order valence-electron chi connectivity index (χ0n) is 12.3. The van der Waals surface area contributed by atoms with Gasteiger partial charge in [-0.3, -0.25) is 4.98 Å². The first-order chi connectivity index (χ1) is 11.7. The molecule has 5 nitrogen and oxygen atoms in total. The summed E-state index contributed by atoms with van der Waals surface area (Å²) in [6.07, 6.45) is 3.14. The SMILES string of the molecule is O=C1OC(c2ccccc2Cl)=N/C1=C\c1cnc2ccccc2n1. The summed E-state index contributed by atoms with van der Waals surface area (Å²) in [4.78, 5) is 25.0. The Balaban J connectivity index is 1.73. The van der Waals surface area contributed by atoms with E-state index in [-0.39, 0.29) is 11.6 Å². The van der Waals surface area contributed by atoms with Gasteiger partial charge in [0.1, 0.15) is 0 Å². The van der Waals surface area contributed by atoms with Crippen LogP contribution in [0.4, 0.5) is 0 Å². The Kier molecular flexibility index (Phi) is 3.55. The van der Waals surface area contributed by atoms with Crippen LogP contribution in [0.1, 0.15) is 11.3 Å². The summed E-state index contributed by atoms with van der Waals surface area (Å²) in [5.74, 6) is -0.356. The Hall–Kier alpha value is -3.05. The molecule has 6 heteroatoms. The Morgan fingerprint density at radius 2 is 1.75 bits per heavy atom. The van der Waals surface area contributed by atoms with E-state index in [2.05, 4.69) is 15.0 Å². The molecule has 0 bridgehead atoms. The smallest absolute Gasteiger partial charge is 0.363 e.